The summed E-state index contributed by atoms with van der Waals surface area (Å²) >= 11 is 1.95. The number of thioether (sulfide) groups is 1. The SMILES string of the molecule is CCCNC(CCSC)CC1CCOc2ccccc21. The highest BCUT2D eigenvalue weighted by Gasteiger charge is 2.23. The second-order valence-electron chi connectivity index (χ2n) is 5.54. The Balaban J connectivity index is 1.99. The third kappa shape index (κ3) is 4.42. The first kappa shape index (κ1) is 15.7. The van der Waals surface area contributed by atoms with Gasteiger partial charge in [-0.3, -0.25) is 0 Å². The molecule has 1 aromatic rings. The molecule has 0 saturated carbocycles. The molecule has 3 heteroatoms. The van der Waals surface area contributed by atoms with Crippen LogP contribution < -0.4 is 10.1 Å². The molecule has 1 aliphatic heterocycles. The smallest absolute Gasteiger partial charge is 0.122 e. The molecule has 1 heterocycles. The van der Waals surface area contributed by atoms with Crippen molar-refractivity contribution in [3.63, 3.8) is 0 Å². The normalized spacial score (nSPS) is 19.2. The molecule has 2 unspecified atom stereocenters. The van der Waals surface area contributed by atoms with Gasteiger partial charge in [0.25, 0.3) is 0 Å². The number of benzene rings is 1. The van der Waals surface area contributed by atoms with E-state index in [2.05, 4.69) is 42.8 Å². The molecule has 0 bridgehead atoms. The van der Waals surface area contributed by atoms with Crippen LogP contribution in [-0.2, 0) is 0 Å². The van der Waals surface area contributed by atoms with Crippen LogP contribution in [0.3, 0.4) is 0 Å². The Morgan fingerprint density at radius 3 is 3.05 bits per heavy atom. The van der Waals surface area contributed by atoms with E-state index in [-0.39, 0.29) is 0 Å². The fourth-order valence-corrected chi connectivity index (χ4v) is 3.44. The van der Waals surface area contributed by atoms with Gasteiger partial charge in [0.2, 0.25) is 0 Å². The van der Waals surface area contributed by atoms with Gasteiger partial charge in [0.05, 0.1) is 6.61 Å². The van der Waals surface area contributed by atoms with E-state index in [1.54, 1.807) is 0 Å². The summed E-state index contributed by atoms with van der Waals surface area (Å²) < 4.78 is 5.77. The van der Waals surface area contributed by atoms with Crippen molar-refractivity contribution in [1.29, 1.82) is 0 Å². The van der Waals surface area contributed by atoms with Crippen LogP contribution in [-0.4, -0.2) is 31.2 Å². The maximum atomic E-state index is 5.77. The van der Waals surface area contributed by atoms with Gasteiger partial charge in [-0.15, -0.1) is 0 Å². The van der Waals surface area contributed by atoms with Crippen molar-refractivity contribution in [3.8, 4) is 5.75 Å². The third-order valence-corrected chi connectivity index (χ3v) is 4.65. The number of hydrogen-bond donors (Lipinski definition) is 1. The summed E-state index contributed by atoms with van der Waals surface area (Å²) in [6.07, 6.45) is 7.06. The van der Waals surface area contributed by atoms with E-state index >= 15 is 0 Å². The van der Waals surface area contributed by atoms with Crippen molar-refractivity contribution in [3.05, 3.63) is 29.8 Å². The fourth-order valence-electron chi connectivity index (χ4n) is 2.92. The molecular weight excluding hydrogens is 266 g/mol. The summed E-state index contributed by atoms with van der Waals surface area (Å²) in [6, 6.07) is 9.19. The number of hydrogen-bond acceptors (Lipinski definition) is 3. The zero-order valence-electron chi connectivity index (χ0n) is 12.7. The molecule has 0 radical (unpaired) electrons. The fraction of sp³-hybridized carbons (Fsp3) is 0.647. The number of fused-ring (bicyclic) bond motifs is 1. The van der Waals surface area contributed by atoms with Crippen molar-refractivity contribution in [1.82, 2.24) is 5.32 Å². The first-order chi connectivity index (χ1) is 9.85. The Bertz CT molecular complexity index is 388. The van der Waals surface area contributed by atoms with Crippen molar-refractivity contribution < 1.29 is 4.74 Å². The maximum absolute atomic E-state index is 5.77. The summed E-state index contributed by atoms with van der Waals surface area (Å²) in [6.45, 7) is 4.23. The van der Waals surface area contributed by atoms with Crippen LogP contribution in [0, 0.1) is 0 Å². The molecule has 2 nitrogen and oxygen atoms in total. The highest BCUT2D eigenvalue weighted by Crippen LogP contribution is 2.36. The Morgan fingerprint density at radius 2 is 2.25 bits per heavy atom. The van der Waals surface area contributed by atoms with Gasteiger partial charge in [-0.25, -0.2) is 0 Å². The van der Waals surface area contributed by atoms with E-state index in [0.29, 0.717) is 12.0 Å². The minimum absolute atomic E-state index is 0.638. The minimum Gasteiger partial charge on any atom is -0.493 e. The van der Waals surface area contributed by atoms with E-state index < -0.39 is 0 Å². The predicted molar refractivity (Wildman–Crippen MR) is 89.0 cm³/mol. The van der Waals surface area contributed by atoms with Gasteiger partial charge in [-0.2, -0.15) is 11.8 Å². The molecule has 0 amide bonds. The zero-order chi connectivity index (χ0) is 14.2. The topological polar surface area (TPSA) is 21.3 Å². The Labute approximate surface area is 127 Å². The van der Waals surface area contributed by atoms with E-state index in [4.69, 9.17) is 4.74 Å². The Morgan fingerprint density at radius 1 is 1.40 bits per heavy atom. The number of para-hydroxylation sites is 1. The summed E-state index contributed by atoms with van der Waals surface area (Å²) in [4.78, 5) is 0. The Hall–Kier alpha value is -0.670. The van der Waals surface area contributed by atoms with Crippen molar-refractivity contribution >= 4 is 11.8 Å². The van der Waals surface area contributed by atoms with Gasteiger partial charge >= 0.3 is 0 Å². The molecule has 0 fully saturated rings. The Kier molecular flexibility index (Phi) is 6.74. The molecule has 20 heavy (non-hydrogen) atoms. The van der Waals surface area contributed by atoms with Gasteiger partial charge in [0.15, 0.2) is 0 Å². The first-order valence-electron chi connectivity index (χ1n) is 7.79. The maximum Gasteiger partial charge on any atom is 0.122 e. The summed E-state index contributed by atoms with van der Waals surface area (Å²) in [5, 5.41) is 3.73. The molecule has 2 rings (SSSR count). The molecular formula is C17H27NOS. The zero-order valence-corrected chi connectivity index (χ0v) is 13.5. The molecule has 0 spiro atoms. The number of ether oxygens (including phenoxy) is 1. The van der Waals surface area contributed by atoms with Gasteiger partial charge in [-0.1, -0.05) is 25.1 Å². The molecule has 1 N–H and O–H groups in total. The van der Waals surface area contributed by atoms with Gasteiger partial charge in [0, 0.05) is 6.04 Å². The second kappa shape index (κ2) is 8.58. The van der Waals surface area contributed by atoms with Gasteiger partial charge in [0.1, 0.15) is 5.75 Å². The molecule has 0 aliphatic carbocycles. The van der Waals surface area contributed by atoms with Crippen LogP contribution in [0.2, 0.25) is 0 Å². The van der Waals surface area contributed by atoms with Gasteiger partial charge in [-0.05, 0) is 61.8 Å². The van der Waals surface area contributed by atoms with Crippen molar-refractivity contribution in [2.24, 2.45) is 0 Å². The van der Waals surface area contributed by atoms with E-state index in [0.717, 1.165) is 25.3 Å². The van der Waals surface area contributed by atoms with Crippen molar-refractivity contribution in [2.45, 2.75) is 44.6 Å². The average Bonchev–Trinajstić information content (AvgIpc) is 2.50. The molecule has 0 aromatic heterocycles. The molecule has 112 valence electrons. The van der Waals surface area contributed by atoms with Crippen molar-refractivity contribution in [2.75, 3.05) is 25.2 Å². The van der Waals surface area contributed by atoms with Crippen LogP contribution in [0.5, 0.6) is 5.75 Å². The quantitative estimate of drug-likeness (QED) is 0.781. The highest BCUT2D eigenvalue weighted by atomic mass is 32.2. The van der Waals surface area contributed by atoms with Gasteiger partial charge < -0.3 is 10.1 Å². The number of rotatable bonds is 8. The van der Waals surface area contributed by atoms with Crippen LogP contribution >= 0.6 is 11.8 Å². The van der Waals surface area contributed by atoms with Crippen LogP contribution in [0.4, 0.5) is 0 Å². The first-order valence-corrected chi connectivity index (χ1v) is 9.18. The average molecular weight is 293 g/mol. The summed E-state index contributed by atoms with van der Waals surface area (Å²) in [7, 11) is 0. The van der Waals surface area contributed by atoms with E-state index in [9.17, 15) is 0 Å². The van der Waals surface area contributed by atoms with Crippen LogP contribution in [0.15, 0.2) is 24.3 Å². The predicted octanol–water partition coefficient (Wildman–Crippen LogP) is 4.06. The van der Waals surface area contributed by atoms with Crippen LogP contribution in [0.25, 0.3) is 0 Å². The lowest BCUT2D eigenvalue weighted by molar-refractivity contribution is 0.254. The summed E-state index contributed by atoms with van der Waals surface area (Å²) in [5.41, 5.74) is 1.41. The largest absolute Gasteiger partial charge is 0.493 e. The van der Waals surface area contributed by atoms with E-state index in [1.807, 2.05) is 11.8 Å². The third-order valence-electron chi connectivity index (χ3n) is 4.01. The van der Waals surface area contributed by atoms with Crippen LogP contribution in [0.1, 0.15) is 44.1 Å². The van der Waals surface area contributed by atoms with E-state index in [1.165, 1.54) is 30.6 Å². The lowest BCUT2D eigenvalue weighted by Crippen LogP contribution is -2.33. The highest BCUT2D eigenvalue weighted by molar-refractivity contribution is 7.98. The molecule has 1 aromatic carbocycles. The molecule has 2 atom stereocenters. The lowest BCUT2D eigenvalue weighted by Gasteiger charge is -2.29. The minimum atomic E-state index is 0.638. The monoisotopic (exact) mass is 293 g/mol. The lowest BCUT2D eigenvalue weighted by atomic mass is 9.87. The standard InChI is InChI=1S/C17H27NOS/c1-3-10-18-15(9-12-20-2)13-14-8-11-19-17-7-5-4-6-16(14)17/h4-7,14-15,18H,3,8-13H2,1-2H3. The molecule has 1 aliphatic rings. The second-order valence-corrected chi connectivity index (χ2v) is 6.53. The molecule has 0 saturated heterocycles. The summed E-state index contributed by atoms with van der Waals surface area (Å²) in [5.74, 6) is 2.99. The number of nitrogens with one attached hydrogen (secondary N) is 1.